The van der Waals surface area contributed by atoms with Crippen molar-refractivity contribution in [3.05, 3.63) is 29.8 Å². The van der Waals surface area contributed by atoms with Crippen LogP contribution in [0.25, 0.3) is 6.08 Å². The number of fused-ring (bicyclic) bond motifs is 1. The Morgan fingerprint density at radius 2 is 2.00 bits per heavy atom. The summed E-state index contributed by atoms with van der Waals surface area (Å²) >= 11 is 0. The standard InChI is InChI=1S/C14H17NO3/c1-13(2,3)14(12(17)18)8-7-9-5-4-6-10(16)11(9)15-14/h4-8,15-16H,1-3H3,(H,17,18). The van der Waals surface area contributed by atoms with Crippen LogP contribution in [0.2, 0.25) is 0 Å². The lowest BCUT2D eigenvalue weighted by Crippen LogP contribution is -2.55. The van der Waals surface area contributed by atoms with Crippen LogP contribution in [-0.2, 0) is 4.79 Å². The maximum Gasteiger partial charge on any atom is 0.333 e. The van der Waals surface area contributed by atoms with Crippen molar-refractivity contribution in [2.45, 2.75) is 26.3 Å². The van der Waals surface area contributed by atoms with E-state index in [1.807, 2.05) is 26.8 Å². The van der Waals surface area contributed by atoms with Crippen LogP contribution in [0.15, 0.2) is 24.3 Å². The van der Waals surface area contributed by atoms with Crippen molar-refractivity contribution in [2.24, 2.45) is 5.41 Å². The first-order chi connectivity index (χ1) is 8.28. The number of benzene rings is 1. The Morgan fingerprint density at radius 1 is 1.33 bits per heavy atom. The lowest BCUT2D eigenvalue weighted by molar-refractivity contribution is -0.143. The van der Waals surface area contributed by atoms with Crippen LogP contribution in [0, 0.1) is 5.41 Å². The summed E-state index contributed by atoms with van der Waals surface area (Å²) in [5, 5.41) is 22.4. The Hall–Kier alpha value is -1.97. The van der Waals surface area contributed by atoms with Gasteiger partial charge in [-0.3, -0.25) is 0 Å². The molecule has 1 aromatic carbocycles. The first-order valence-corrected chi connectivity index (χ1v) is 5.81. The van der Waals surface area contributed by atoms with Gasteiger partial charge in [-0.05, 0) is 17.6 Å². The van der Waals surface area contributed by atoms with E-state index < -0.39 is 16.9 Å². The number of nitrogens with one attached hydrogen (secondary N) is 1. The number of para-hydroxylation sites is 1. The zero-order valence-electron chi connectivity index (χ0n) is 10.7. The van der Waals surface area contributed by atoms with Crippen molar-refractivity contribution in [3.63, 3.8) is 0 Å². The van der Waals surface area contributed by atoms with Gasteiger partial charge in [-0.25, -0.2) is 4.79 Å². The van der Waals surface area contributed by atoms with Crippen LogP contribution in [0.1, 0.15) is 26.3 Å². The van der Waals surface area contributed by atoms with Gasteiger partial charge in [0.25, 0.3) is 0 Å². The van der Waals surface area contributed by atoms with Gasteiger partial charge in [0.15, 0.2) is 5.54 Å². The maximum atomic E-state index is 11.6. The average molecular weight is 247 g/mol. The number of phenols is 1. The van der Waals surface area contributed by atoms with Crippen molar-refractivity contribution in [1.82, 2.24) is 0 Å². The number of rotatable bonds is 1. The van der Waals surface area contributed by atoms with Gasteiger partial charge >= 0.3 is 5.97 Å². The predicted molar refractivity (Wildman–Crippen MR) is 70.6 cm³/mol. The Labute approximate surface area is 106 Å². The number of anilines is 1. The molecule has 4 heteroatoms. The smallest absolute Gasteiger partial charge is 0.333 e. The molecule has 0 spiro atoms. The third-order valence-corrected chi connectivity index (χ3v) is 3.43. The minimum atomic E-state index is -1.22. The molecule has 1 unspecified atom stereocenters. The highest BCUT2D eigenvalue weighted by molar-refractivity contribution is 5.93. The van der Waals surface area contributed by atoms with Crippen LogP contribution >= 0.6 is 0 Å². The first-order valence-electron chi connectivity index (χ1n) is 5.81. The molecule has 3 N–H and O–H groups in total. The minimum Gasteiger partial charge on any atom is -0.506 e. The van der Waals surface area contributed by atoms with E-state index in [0.717, 1.165) is 5.56 Å². The van der Waals surface area contributed by atoms with E-state index in [-0.39, 0.29) is 5.75 Å². The SMILES string of the molecule is CC(C)(C)C1(C(=O)O)C=Cc2cccc(O)c2N1. The molecule has 0 bridgehead atoms. The Morgan fingerprint density at radius 3 is 2.56 bits per heavy atom. The molecule has 1 aliphatic rings. The van der Waals surface area contributed by atoms with E-state index in [1.165, 1.54) is 0 Å². The summed E-state index contributed by atoms with van der Waals surface area (Å²) in [7, 11) is 0. The molecule has 0 saturated carbocycles. The molecule has 1 aromatic rings. The Balaban J connectivity index is 2.59. The molecule has 0 saturated heterocycles. The molecule has 18 heavy (non-hydrogen) atoms. The van der Waals surface area contributed by atoms with E-state index in [9.17, 15) is 15.0 Å². The quantitative estimate of drug-likeness (QED) is 0.667. The Bertz CT molecular complexity index is 528. The van der Waals surface area contributed by atoms with Gasteiger partial charge in [0, 0.05) is 5.56 Å². The number of aromatic hydroxyl groups is 1. The fourth-order valence-electron chi connectivity index (χ4n) is 2.17. The third-order valence-electron chi connectivity index (χ3n) is 3.43. The summed E-state index contributed by atoms with van der Waals surface area (Å²) in [6.07, 6.45) is 3.39. The summed E-state index contributed by atoms with van der Waals surface area (Å²) in [6.45, 7) is 5.55. The molecule has 96 valence electrons. The van der Waals surface area contributed by atoms with E-state index in [0.29, 0.717) is 5.69 Å². The monoisotopic (exact) mass is 247 g/mol. The van der Waals surface area contributed by atoms with Gasteiger partial charge in [-0.1, -0.05) is 39.0 Å². The lowest BCUT2D eigenvalue weighted by atomic mass is 9.71. The molecular weight excluding hydrogens is 230 g/mol. The van der Waals surface area contributed by atoms with Gasteiger partial charge < -0.3 is 15.5 Å². The van der Waals surface area contributed by atoms with Gasteiger partial charge in [0.05, 0.1) is 5.69 Å². The molecule has 0 aliphatic carbocycles. The summed E-state index contributed by atoms with van der Waals surface area (Å²) in [5.41, 5.74) is -0.498. The van der Waals surface area contributed by atoms with Gasteiger partial charge in [0.2, 0.25) is 0 Å². The van der Waals surface area contributed by atoms with E-state index in [1.54, 1.807) is 24.3 Å². The second-order valence-electron chi connectivity index (χ2n) is 5.56. The van der Waals surface area contributed by atoms with Gasteiger partial charge in [0.1, 0.15) is 5.75 Å². The number of carbonyl (C=O) groups is 1. The number of hydrogen-bond donors (Lipinski definition) is 3. The van der Waals surface area contributed by atoms with Crippen molar-refractivity contribution in [2.75, 3.05) is 5.32 Å². The van der Waals surface area contributed by atoms with E-state index in [2.05, 4.69) is 5.32 Å². The van der Waals surface area contributed by atoms with E-state index >= 15 is 0 Å². The van der Waals surface area contributed by atoms with Gasteiger partial charge in [-0.2, -0.15) is 0 Å². The van der Waals surface area contributed by atoms with Crippen LogP contribution in [-0.4, -0.2) is 21.7 Å². The van der Waals surface area contributed by atoms with Crippen LogP contribution in [0.4, 0.5) is 5.69 Å². The van der Waals surface area contributed by atoms with Crippen molar-refractivity contribution >= 4 is 17.7 Å². The topological polar surface area (TPSA) is 69.6 Å². The maximum absolute atomic E-state index is 11.6. The molecular formula is C14H17NO3. The average Bonchev–Trinajstić information content (AvgIpc) is 2.27. The number of carboxylic acid groups (broad SMARTS) is 1. The predicted octanol–water partition coefficient (Wildman–Crippen LogP) is 2.70. The van der Waals surface area contributed by atoms with Gasteiger partial charge in [-0.15, -0.1) is 0 Å². The molecule has 0 aromatic heterocycles. The largest absolute Gasteiger partial charge is 0.506 e. The molecule has 4 nitrogen and oxygen atoms in total. The van der Waals surface area contributed by atoms with Crippen LogP contribution in [0.3, 0.4) is 0 Å². The molecule has 1 atom stereocenters. The van der Waals surface area contributed by atoms with Crippen molar-refractivity contribution in [1.29, 1.82) is 0 Å². The number of hydrogen-bond acceptors (Lipinski definition) is 3. The normalized spacial score (nSPS) is 22.2. The lowest BCUT2D eigenvalue weighted by Gasteiger charge is -2.42. The zero-order chi connectivity index (χ0) is 13.6. The van der Waals surface area contributed by atoms with Crippen LogP contribution < -0.4 is 5.32 Å². The highest BCUT2D eigenvalue weighted by atomic mass is 16.4. The zero-order valence-corrected chi connectivity index (χ0v) is 10.7. The second-order valence-corrected chi connectivity index (χ2v) is 5.56. The first kappa shape index (κ1) is 12.5. The summed E-state index contributed by atoms with van der Waals surface area (Å²) in [4.78, 5) is 11.6. The van der Waals surface area contributed by atoms with Crippen molar-refractivity contribution < 1.29 is 15.0 Å². The summed E-state index contributed by atoms with van der Waals surface area (Å²) in [5.74, 6) is -0.896. The fraction of sp³-hybridized carbons (Fsp3) is 0.357. The highest BCUT2D eigenvalue weighted by Gasteiger charge is 2.48. The van der Waals surface area contributed by atoms with Crippen molar-refractivity contribution in [3.8, 4) is 5.75 Å². The highest BCUT2D eigenvalue weighted by Crippen LogP contribution is 2.42. The molecule has 0 fully saturated rings. The minimum absolute atomic E-state index is 0.0618. The fourth-order valence-corrected chi connectivity index (χ4v) is 2.17. The molecule has 0 amide bonds. The Kier molecular flexibility index (Phi) is 2.61. The third kappa shape index (κ3) is 1.65. The molecule has 1 aliphatic heterocycles. The second kappa shape index (κ2) is 3.77. The summed E-state index contributed by atoms with van der Waals surface area (Å²) < 4.78 is 0. The van der Waals surface area contributed by atoms with E-state index in [4.69, 9.17) is 0 Å². The molecule has 1 heterocycles. The summed E-state index contributed by atoms with van der Waals surface area (Å²) in [6, 6.07) is 5.10. The molecule has 2 rings (SSSR count). The van der Waals surface area contributed by atoms with Crippen LogP contribution in [0.5, 0.6) is 5.75 Å². The number of aliphatic carboxylic acids is 1. The number of phenolic OH excluding ortho intramolecular Hbond substituents is 1. The molecule has 0 radical (unpaired) electrons. The number of carboxylic acids is 1.